The highest BCUT2D eigenvalue weighted by molar-refractivity contribution is 6.18. The number of phenolic OH excluding ortho intramolecular Hbond substituents is 1. The Morgan fingerprint density at radius 1 is 0.862 bits per heavy atom. The van der Waals surface area contributed by atoms with E-state index in [9.17, 15) is 9.90 Å². The number of carbonyl (C=O) groups is 1. The summed E-state index contributed by atoms with van der Waals surface area (Å²) in [6.45, 7) is 0.200. The van der Waals surface area contributed by atoms with Gasteiger partial charge in [-0.2, -0.15) is 0 Å². The van der Waals surface area contributed by atoms with E-state index >= 15 is 0 Å². The van der Waals surface area contributed by atoms with Crippen LogP contribution < -0.4 is 0 Å². The molecule has 1 N–H and O–H groups in total. The number of aromatic nitrogens is 1. The molecule has 1 aromatic heterocycles. The molecule has 0 saturated carbocycles. The number of aromatic hydroxyl groups is 1. The Kier molecular flexibility index (Phi) is 4.10. The van der Waals surface area contributed by atoms with Crippen molar-refractivity contribution in [1.82, 2.24) is 4.98 Å². The van der Waals surface area contributed by atoms with Gasteiger partial charge >= 0.3 is 0 Å². The maximum Gasteiger partial charge on any atom is 0.230 e. The van der Waals surface area contributed by atoms with Crippen LogP contribution in [0, 0.1) is 0 Å². The molecule has 0 saturated heterocycles. The van der Waals surface area contributed by atoms with Gasteiger partial charge in [0.2, 0.25) is 5.78 Å². The van der Waals surface area contributed by atoms with E-state index in [0.717, 1.165) is 22.0 Å². The van der Waals surface area contributed by atoms with Gasteiger partial charge in [-0.25, -0.2) is 4.98 Å². The second-order valence-corrected chi connectivity index (χ2v) is 6.88. The summed E-state index contributed by atoms with van der Waals surface area (Å²) in [5.74, 6) is 0.0713. The van der Waals surface area contributed by atoms with E-state index in [2.05, 4.69) is 4.98 Å². The van der Waals surface area contributed by atoms with Gasteiger partial charge in [-0.05, 0) is 23.8 Å². The Balaban J connectivity index is 1.75. The van der Waals surface area contributed by atoms with Crippen molar-refractivity contribution in [2.75, 3.05) is 0 Å². The summed E-state index contributed by atoms with van der Waals surface area (Å²) < 4.78 is 5.75. The third kappa shape index (κ3) is 2.95. The van der Waals surface area contributed by atoms with Crippen molar-refractivity contribution < 1.29 is 14.6 Å². The van der Waals surface area contributed by atoms with Crippen LogP contribution in [0.1, 0.15) is 21.6 Å². The number of phenols is 1. The first-order valence-electron chi connectivity index (χ1n) is 9.36. The third-order valence-corrected chi connectivity index (χ3v) is 5.07. The second-order valence-electron chi connectivity index (χ2n) is 6.88. The molecule has 0 aliphatic carbocycles. The molecule has 29 heavy (non-hydrogen) atoms. The standard InChI is InChI=1S/C25H17NO3/c27-21-13-7-4-10-17(21)14-22-25(28)24-20(15-29-22)26-19-12-6-5-11-18(19)23(24)16-8-2-1-3-9-16/h1-14,27H,15H2/b22-14-. The highest BCUT2D eigenvalue weighted by Gasteiger charge is 2.30. The Hall–Kier alpha value is -3.92. The lowest BCUT2D eigenvalue weighted by Crippen LogP contribution is -2.19. The van der Waals surface area contributed by atoms with Gasteiger partial charge in [-0.1, -0.05) is 66.7 Å². The average Bonchev–Trinajstić information content (AvgIpc) is 2.76. The fourth-order valence-corrected chi connectivity index (χ4v) is 3.71. The number of Topliss-reactive ketones (excluding diaryl/α,β-unsaturated/α-hetero) is 1. The number of rotatable bonds is 2. The molecule has 4 heteroatoms. The molecule has 0 atom stereocenters. The predicted octanol–water partition coefficient (Wildman–Crippen LogP) is 5.36. The molecular formula is C25H17NO3. The molecule has 0 bridgehead atoms. The van der Waals surface area contributed by atoms with Crippen molar-refractivity contribution in [3.8, 4) is 16.9 Å². The summed E-state index contributed by atoms with van der Waals surface area (Å²) in [6, 6.07) is 24.5. The number of fused-ring (bicyclic) bond motifs is 2. The van der Waals surface area contributed by atoms with Gasteiger partial charge in [0, 0.05) is 16.5 Å². The van der Waals surface area contributed by atoms with Crippen LogP contribution in [0.25, 0.3) is 28.1 Å². The molecule has 4 nitrogen and oxygen atoms in total. The third-order valence-electron chi connectivity index (χ3n) is 5.07. The molecule has 4 aromatic rings. The molecule has 3 aromatic carbocycles. The zero-order chi connectivity index (χ0) is 19.8. The first-order chi connectivity index (χ1) is 14.2. The Morgan fingerprint density at radius 3 is 2.41 bits per heavy atom. The number of ketones is 1. The fraction of sp³-hybridized carbons (Fsp3) is 0.0400. The molecule has 0 fully saturated rings. The summed E-state index contributed by atoms with van der Waals surface area (Å²) in [5, 5.41) is 11.0. The lowest BCUT2D eigenvalue weighted by Gasteiger charge is -2.22. The fourth-order valence-electron chi connectivity index (χ4n) is 3.71. The number of benzene rings is 3. The van der Waals surface area contributed by atoms with E-state index < -0.39 is 0 Å². The number of ether oxygens (including phenoxy) is 1. The van der Waals surface area contributed by atoms with E-state index in [4.69, 9.17) is 4.74 Å². The van der Waals surface area contributed by atoms with E-state index in [0.29, 0.717) is 16.8 Å². The van der Waals surface area contributed by atoms with Gasteiger partial charge in [-0.15, -0.1) is 0 Å². The maximum absolute atomic E-state index is 13.5. The zero-order valence-electron chi connectivity index (χ0n) is 15.5. The van der Waals surface area contributed by atoms with Crippen LogP contribution in [0.3, 0.4) is 0 Å². The topological polar surface area (TPSA) is 59.4 Å². The van der Waals surface area contributed by atoms with Gasteiger partial charge in [0.1, 0.15) is 12.4 Å². The highest BCUT2D eigenvalue weighted by atomic mass is 16.5. The SMILES string of the molecule is O=C1/C(=C/c2ccccc2O)OCc2nc3ccccc3c(-c3ccccc3)c21. The Labute approximate surface area is 167 Å². The first-order valence-corrected chi connectivity index (χ1v) is 9.36. The molecular weight excluding hydrogens is 362 g/mol. The highest BCUT2D eigenvalue weighted by Crippen LogP contribution is 2.37. The Bertz CT molecular complexity index is 1280. The summed E-state index contributed by atoms with van der Waals surface area (Å²) in [7, 11) is 0. The quantitative estimate of drug-likeness (QED) is 0.476. The molecule has 1 aliphatic heterocycles. The monoisotopic (exact) mass is 379 g/mol. The smallest absolute Gasteiger partial charge is 0.230 e. The van der Waals surface area contributed by atoms with Crippen molar-refractivity contribution in [3.63, 3.8) is 0 Å². The van der Waals surface area contributed by atoms with Crippen LogP contribution in [0.4, 0.5) is 0 Å². The molecule has 0 unspecified atom stereocenters. The minimum atomic E-state index is -0.230. The van der Waals surface area contributed by atoms with Crippen LogP contribution in [0.5, 0.6) is 5.75 Å². The van der Waals surface area contributed by atoms with Gasteiger partial charge < -0.3 is 9.84 Å². The van der Waals surface area contributed by atoms with Gasteiger partial charge in [0.15, 0.2) is 5.76 Å². The Morgan fingerprint density at radius 2 is 1.59 bits per heavy atom. The maximum atomic E-state index is 13.5. The number of carbonyl (C=O) groups excluding carboxylic acids is 1. The number of hydrogen-bond acceptors (Lipinski definition) is 4. The number of hydrogen-bond donors (Lipinski definition) is 1. The van der Waals surface area contributed by atoms with Gasteiger partial charge in [-0.3, -0.25) is 4.79 Å². The summed E-state index contributed by atoms with van der Waals surface area (Å²) >= 11 is 0. The van der Waals surface area contributed by atoms with E-state index in [1.165, 1.54) is 0 Å². The number of para-hydroxylation sites is 2. The molecule has 1 aliphatic rings. The molecule has 5 rings (SSSR count). The van der Waals surface area contributed by atoms with Crippen LogP contribution in [-0.4, -0.2) is 15.9 Å². The van der Waals surface area contributed by atoms with Crippen LogP contribution in [0.2, 0.25) is 0 Å². The summed E-state index contributed by atoms with van der Waals surface area (Å²) in [4.78, 5) is 18.1. The molecule has 2 heterocycles. The van der Waals surface area contributed by atoms with Gasteiger partial charge in [0.05, 0.1) is 16.8 Å². The lowest BCUT2D eigenvalue weighted by atomic mass is 9.90. The minimum absolute atomic E-state index is 0.0992. The minimum Gasteiger partial charge on any atom is -0.507 e. The van der Waals surface area contributed by atoms with Crippen molar-refractivity contribution in [1.29, 1.82) is 0 Å². The first kappa shape index (κ1) is 17.2. The van der Waals surface area contributed by atoms with Gasteiger partial charge in [0.25, 0.3) is 0 Å². The number of nitrogens with zero attached hydrogens (tertiary/aromatic N) is 1. The molecule has 140 valence electrons. The number of pyridine rings is 1. The predicted molar refractivity (Wildman–Crippen MR) is 112 cm³/mol. The largest absolute Gasteiger partial charge is 0.507 e. The van der Waals surface area contributed by atoms with E-state index in [1.54, 1.807) is 30.3 Å². The average molecular weight is 379 g/mol. The molecule has 0 amide bonds. The normalized spacial score (nSPS) is 14.6. The summed E-state index contributed by atoms with van der Waals surface area (Å²) in [5.41, 5.74) is 4.37. The second kappa shape index (κ2) is 6.91. The molecule has 0 spiro atoms. The number of allylic oxidation sites excluding steroid dienone is 1. The van der Waals surface area contributed by atoms with Crippen LogP contribution in [-0.2, 0) is 11.3 Å². The zero-order valence-corrected chi connectivity index (χ0v) is 15.5. The van der Waals surface area contributed by atoms with Crippen molar-refractivity contribution in [2.45, 2.75) is 6.61 Å². The van der Waals surface area contributed by atoms with Crippen molar-refractivity contribution in [2.24, 2.45) is 0 Å². The van der Waals surface area contributed by atoms with E-state index in [1.807, 2.05) is 54.6 Å². The van der Waals surface area contributed by atoms with Crippen molar-refractivity contribution >= 4 is 22.8 Å². The van der Waals surface area contributed by atoms with Crippen molar-refractivity contribution in [3.05, 3.63) is 101 Å². The van der Waals surface area contributed by atoms with Crippen LogP contribution >= 0.6 is 0 Å². The lowest BCUT2D eigenvalue weighted by molar-refractivity contribution is 0.0867. The van der Waals surface area contributed by atoms with E-state index in [-0.39, 0.29) is 23.9 Å². The van der Waals surface area contributed by atoms with Crippen LogP contribution in [0.15, 0.2) is 84.6 Å². The molecule has 0 radical (unpaired) electrons. The summed E-state index contributed by atoms with van der Waals surface area (Å²) in [6.07, 6.45) is 1.59.